The molecule has 4 N–H and O–H groups in total. The number of piperazine rings is 1. The van der Waals surface area contributed by atoms with Crippen molar-refractivity contribution in [1.82, 2.24) is 44.9 Å². The molecule has 3 unspecified atom stereocenters. The van der Waals surface area contributed by atoms with Crippen LogP contribution in [0.1, 0.15) is 157 Å². The van der Waals surface area contributed by atoms with Gasteiger partial charge in [0, 0.05) is 96.2 Å². The van der Waals surface area contributed by atoms with Crippen molar-refractivity contribution in [2.24, 2.45) is 5.41 Å². The van der Waals surface area contributed by atoms with Crippen molar-refractivity contribution >= 4 is 63.3 Å². The van der Waals surface area contributed by atoms with Crippen molar-refractivity contribution in [3.8, 4) is 10.4 Å². The molecule has 8 rings (SSSR count). The minimum atomic E-state index is -0.861. The van der Waals surface area contributed by atoms with E-state index in [0.29, 0.717) is 42.6 Å². The Morgan fingerprint density at radius 3 is 2.12 bits per heavy atom. The molecule has 20 heteroatoms. The van der Waals surface area contributed by atoms with Crippen molar-refractivity contribution in [3.05, 3.63) is 87.0 Å². The molecule has 3 amide bonds. The van der Waals surface area contributed by atoms with Gasteiger partial charge in [0.15, 0.2) is 5.78 Å². The summed E-state index contributed by atoms with van der Waals surface area (Å²) in [7, 11) is 0. The van der Waals surface area contributed by atoms with E-state index in [-0.39, 0.29) is 66.6 Å². The fourth-order valence-corrected chi connectivity index (χ4v) is 12.3. The zero-order valence-corrected chi connectivity index (χ0v) is 50.0. The van der Waals surface area contributed by atoms with Crippen LogP contribution < -0.4 is 26.4 Å². The average molecular weight is 1150 g/mol. The number of hydrogen-bond acceptors (Lipinski definition) is 16. The van der Waals surface area contributed by atoms with E-state index in [1.165, 1.54) is 31.1 Å². The van der Waals surface area contributed by atoms with E-state index in [4.69, 9.17) is 14.5 Å². The van der Waals surface area contributed by atoms with Crippen molar-refractivity contribution < 1.29 is 33.8 Å². The van der Waals surface area contributed by atoms with Gasteiger partial charge in [0.1, 0.15) is 23.5 Å². The number of Topliss-reactive ketones (excluding diaryl/α,β-unsaturated/α-hetero) is 1. The largest absolute Gasteiger partial charge is 0.391 e. The van der Waals surface area contributed by atoms with E-state index in [9.17, 15) is 29.1 Å². The lowest BCUT2D eigenvalue weighted by Gasteiger charge is -2.36. The summed E-state index contributed by atoms with van der Waals surface area (Å²) < 4.78 is 13.5. The normalized spacial score (nSPS) is 17.4. The molecule has 444 valence electrons. The first-order valence-electron chi connectivity index (χ1n) is 29.9. The maximum atomic E-state index is 14.0. The Kier molecular flexibility index (Phi) is 22.5. The highest BCUT2D eigenvalue weighted by Crippen LogP contribution is 2.33. The highest BCUT2D eigenvalue weighted by molar-refractivity contribution is 7.13. The van der Waals surface area contributed by atoms with Gasteiger partial charge in [-0.2, -0.15) is 4.98 Å². The molecule has 4 aromatic heterocycles. The zero-order chi connectivity index (χ0) is 58.2. The Hall–Kier alpha value is -6.19. The number of anilines is 3. The van der Waals surface area contributed by atoms with Gasteiger partial charge in [0.05, 0.1) is 39.6 Å². The molecule has 3 fully saturated rings. The van der Waals surface area contributed by atoms with Gasteiger partial charge in [-0.1, -0.05) is 70.7 Å². The van der Waals surface area contributed by atoms with E-state index in [0.717, 1.165) is 136 Å². The van der Waals surface area contributed by atoms with Crippen molar-refractivity contribution in [1.29, 1.82) is 0 Å². The summed E-state index contributed by atoms with van der Waals surface area (Å²) in [4.78, 5) is 92.5. The van der Waals surface area contributed by atoms with Crippen LogP contribution >= 0.6 is 11.3 Å². The van der Waals surface area contributed by atoms with E-state index in [2.05, 4.69) is 46.8 Å². The molecule has 0 bridgehead atoms. The molecular formula is C62H87N11O8S. The van der Waals surface area contributed by atoms with Crippen molar-refractivity contribution in [2.45, 2.75) is 169 Å². The Labute approximate surface area is 487 Å². The van der Waals surface area contributed by atoms with Crippen LogP contribution in [-0.2, 0) is 30.4 Å². The van der Waals surface area contributed by atoms with Gasteiger partial charge in [-0.05, 0) is 119 Å². The number of unbranched alkanes of at least 4 members (excludes halogenated alkanes) is 6. The topological polar surface area (TPSA) is 226 Å². The first kappa shape index (κ1) is 61.9. The predicted octanol–water partition coefficient (Wildman–Crippen LogP) is 8.85. The summed E-state index contributed by atoms with van der Waals surface area (Å²) >= 11 is 1.58. The molecule has 1 saturated carbocycles. The monoisotopic (exact) mass is 1150 g/mol. The fraction of sp³-hybridized carbons (Fsp3) is 0.597. The fourth-order valence-electron chi connectivity index (χ4n) is 11.5. The molecular weight excluding hydrogens is 1060 g/mol. The Morgan fingerprint density at radius 2 is 1.49 bits per heavy atom. The number of nitrogens with one attached hydrogen (secondary N) is 3. The molecule has 6 heterocycles. The quantitative estimate of drug-likeness (QED) is 0.0259. The molecule has 5 aromatic rings. The van der Waals surface area contributed by atoms with Crippen LogP contribution in [0.5, 0.6) is 0 Å². The van der Waals surface area contributed by atoms with E-state index in [1.807, 2.05) is 69.7 Å². The molecule has 1 aromatic carbocycles. The number of pyridine rings is 2. The number of β-amino-alcohol motifs (C(OH)–C–C–N with tert-alkyl or cyclic N) is 1. The maximum Gasteiger partial charge on any atom is 0.263 e. The summed E-state index contributed by atoms with van der Waals surface area (Å²) in [6.45, 7) is 19.0. The number of likely N-dealkylation sites (tertiary alicyclic amines) is 1. The Bertz CT molecular complexity index is 2970. The number of hydrogen-bond donors (Lipinski definition) is 4. The SMILES string of the molecule is CC(=O)c1c(C)c2cnc(Nc3ccc(N4CCN(CCCCCCOCCCCCOCCCCC(=O)NC(C(=O)N5CC(O)CC5C(=O)NCc5ccc(-c6scnc6C)cc5)C(C)(C)C)CC4)cn3)nc2n(C2CCCC2)c1=O. The third kappa shape index (κ3) is 16.8. The molecule has 2 saturated heterocycles. The van der Waals surface area contributed by atoms with Crippen molar-refractivity contribution in [3.63, 3.8) is 0 Å². The number of benzene rings is 1. The van der Waals surface area contributed by atoms with E-state index >= 15 is 0 Å². The van der Waals surface area contributed by atoms with Gasteiger partial charge in [-0.15, -0.1) is 11.3 Å². The highest BCUT2D eigenvalue weighted by Gasteiger charge is 2.44. The molecule has 3 atom stereocenters. The minimum absolute atomic E-state index is 0.0175. The number of rotatable bonds is 29. The van der Waals surface area contributed by atoms with Crippen LogP contribution in [0.25, 0.3) is 21.5 Å². The number of ether oxygens (including phenoxy) is 2. The standard InChI is InChI=1S/C62H87N11O8S/c1-42-50-39-65-61(69-57(50)73(47-18-10-11-19-47)59(78)54(42)44(3)74)67-52-26-25-48(38-63-52)71-30-28-70(29-31-71)27-13-7-8-14-32-80-33-15-9-16-34-81-35-17-12-20-53(76)68-56(62(4,5)6)60(79)72-40-49(75)36-51(72)58(77)64-37-45-21-23-46(24-22-45)55-43(2)66-41-82-55/h21-26,38-39,41,47,49,51,56,75H,7-20,27-37,40H2,1-6H3,(H,64,77)(H,68,76)(H,63,65,67,69). The van der Waals surface area contributed by atoms with Crippen LogP contribution in [0.2, 0.25) is 0 Å². The number of carbonyl (C=O) groups excluding carboxylic acids is 4. The maximum absolute atomic E-state index is 14.0. The number of aryl methyl sites for hydroxylation is 2. The summed E-state index contributed by atoms with van der Waals surface area (Å²) in [5.74, 6) is -0.178. The second kappa shape index (κ2) is 29.9. The number of fused-ring (bicyclic) bond motifs is 1. The molecule has 0 spiro atoms. The average Bonchev–Trinajstić information content (AvgIpc) is 4.36. The number of ketones is 1. The van der Waals surface area contributed by atoms with Crippen LogP contribution in [0, 0.1) is 19.3 Å². The molecule has 2 aliphatic heterocycles. The van der Waals surface area contributed by atoms with Gasteiger partial charge in [0.2, 0.25) is 23.7 Å². The zero-order valence-electron chi connectivity index (χ0n) is 49.2. The van der Waals surface area contributed by atoms with Gasteiger partial charge < -0.3 is 40.3 Å². The number of aliphatic hydroxyl groups excluding tert-OH is 1. The predicted molar refractivity (Wildman–Crippen MR) is 322 cm³/mol. The van der Waals surface area contributed by atoms with Crippen LogP contribution in [0.15, 0.2) is 59.1 Å². The van der Waals surface area contributed by atoms with Crippen LogP contribution in [0.3, 0.4) is 0 Å². The van der Waals surface area contributed by atoms with Gasteiger partial charge in [0.25, 0.3) is 5.56 Å². The van der Waals surface area contributed by atoms with Gasteiger partial charge in [-0.3, -0.25) is 33.4 Å². The lowest BCUT2D eigenvalue weighted by molar-refractivity contribution is -0.144. The highest BCUT2D eigenvalue weighted by atomic mass is 32.1. The summed E-state index contributed by atoms with van der Waals surface area (Å²) in [6, 6.07) is 10.3. The molecule has 19 nitrogen and oxygen atoms in total. The number of thiazole rings is 1. The second-order valence-electron chi connectivity index (χ2n) is 23.6. The third-order valence-corrected chi connectivity index (χ3v) is 17.2. The summed E-state index contributed by atoms with van der Waals surface area (Å²) in [5.41, 5.74) is 6.37. The van der Waals surface area contributed by atoms with Crippen LogP contribution in [0.4, 0.5) is 17.5 Å². The Morgan fingerprint density at radius 1 is 0.817 bits per heavy atom. The number of aliphatic hydroxyl groups is 1. The lowest BCUT2D eigenvalue weighted by atomic mass is 9.85. The lowest BCUT2D eigenvalue weighted by Crippen LogP contribution is -2.57. The number of carbonyl (C=O) groups is 4. The third-order valence-electron chi connectivity index (χ3n) is 16.2. The molecule has 1 aliphatic carbocycles. The van der Waals surface area contributed by atoms with Gasteiger partial charge >= 0.3 is 0 Å². The first-order chi connectivity index (χ1) is 39.5. The van der Waals surface area contributed by atoms with Crippen LogP contribution in [-0.4, -0.2) is 147 Å². The Balaban J connectivity index is 0.621. The first-order valence-corrected chi connectivity index (χ1v) is 30.8. The molecule has 82 heavy (non-hydrogen) atoms. The number of aromatic nitrogens is 5. The summed E-state index contributed by atoms with van der Waals surface area (Å²) in [6.07, 6.45) is 16.0. The van der Waals surface area contributed by atoms with E-state index in [1.54, 1.807) is 29.0 Å². The summed E-state index contributed by atoms with van der Waals surface area (Å²) in [5, 5.41) is 20.5. The van der Waals surface area contributed by atoms with E-state index < -0.39 is 23.6 Å². The molecule has 3 aliphatic rings. The van der Waals surface area contributed by atoms with Gasteiger partial charge in [-0.25, -0.2) is 15.0 Å². The number of amides is 3. The second-order valence-corrected chi connectivity index (χ2v) is 24.4. The number of nitrogens with zero attached hydrogens (tertiary/aromatic N) is 8. The smallest absolute Gasteiger partial charge is 0.263 e. The molecule has 0 radical (unpaired) electrons. The minimum Gasteiger partial charge on any atom is -0.391 e. The van der Waals surface area contributed by atoms with Crippen molar-refractivity contribution in [2.75, 3.05) is 75.9 Å².